The fourth-order valence-electron chi connectivity index (χ4n) is 3.24. The predicted molar refractivity (Wildman–Crippen MR) is 77.1 cm³/mol. The Morgan fingerprint density at radius 3 is 2.68 bits per heavy atom. The van der Waals surface area contributed by atoms with Crippen molar-refractivity contribution in [2.24, 2.45) is 5.73 Å². The fourth-order valence-corrected chi connectivity index (χ4v) is 5.13. The second kappa shape index (κ2) is 4.80. The topological polar surface area (TPSA) is 63.4 Å². The molecule has 0 spiro atoms. The van der Waals surface area contributed by atoms with E-state index in [4.69, 9.17) is 5.73 Å². The molecular weight excluding hydrogens is 260 g/mol. The van der Waals surface area contributed by atoms with E-state index in [-0.39, 0.29) is 23.6 Å². The molecule has 19 heavy (non-hydrogen) atoms. The number of benzene rings is 1. The predicted octanol–water partition coefficient (Wildman–Crippen LogP) is 0.954. The summed E-state index contributed by atoms with van der Waals surface area (Å²) < 4.78 is 23.6. The molecule has 3 rings (SSSR count). The Hall–Kier alpha value is -1.07. The lowest BCUT2D eigenvalue weighted by Gasteiger charge is -2.33. The maximum atomic E-state index is 11.8. The average molecular weight is 280 g/mol. The molecule has 104 valence electrons. The highest BCUT2D eigenvalue weighted by Crippen LogP contribution is 2.30. The maximum Gasteiger partial charge on any atom is 0.153 e. The van der Waals surface area contributed by atoms with Crippen LogP contribution in [0.25, 0.3) is 0 Å². The Morgan fingerprint density at radius 1 is 1.16 bits per heavy atom. The average Bonchev–Trinajstić information content (AvgIpc) is 2.55. The standard InChI is InChI=1S/C14H20N2O2S/c15-12-9-19(17,18)10-14(12)16-8-4-3-6-11-5-1-2-7-13(11)16/h1-2,5,7,12,14H,3-4,6,8-10,15H2. The molecule has 1 aromatic carbocycles. The van der Waals surface area contributed by atoms with Crippen molar-refractivity contribution in [2.75, 3.05) is 23.0 Å². The molecule has 2 unspecified atom stereocenters. The molecule has 0 bridgehead atoms. The van der Waals surface area contributed by atoms with Crippen LogP contribution in [0.4, 0.5) is 5.69 Å². The summed E-state index contributed by atoms with van der Waals surface area (Å²) >= 11 is 0. The van der Waals surface area contributed by atoms with Crippen LogP contribution in [-0.4, -0.2) is 38.6 Å². The summed E-state index contributed by atoms with van der Waals surface area (Å²) in [6, 6.07) is 7.97. The van der Waals surface area contributed by atoms with Crippen molar-refractivity contribution in [3.8, 4) is 0 Å². The van der Waals surface area contributed by atoms with E-state index < -0.39 is 9.84 Å². The lowest BCUT2D eigenvalue weighted by atomic mass is 10.1. The molecular formula is C14H20N2O2S. The van der Waals surface area contributed by atoms with Gasteiger partial charge in [-0.2, -0.15) is 0 Å². The number of hydrogen-bond donors (Lipinski definition) is 1. The van der Waals surface area contributed by atoms with Gasteiger partial charge >= 0.3 is 0 Å². The van der Waals surface area contributed by atoms with Crippen molar-refractivity contribution in [3.63, 3.8) is 0 Å². The first-order valence-corrected chi connectivity index (χ1v) is 8.69. The SMILES string of the molecule is NC1CS(=O)(=O)CC1N1CCCCc2ccccc21. The number of nitrogens with zero attached hydrogens (tertiary/aromatic N) is 1. The second-order valence-electron chi connectivity index (χ2n) is 5.59. The normalized spacial score (nSPS) is 29.8. The second-order valence-corrected chi connectivity index (χ2v) is 7.74. The van der Waals surface area contributed by atoms with E-state index in [0.717, 1.165) is 25.8 Å². The van der Waals surface area contributed by atoms with Gasteiger partial charge in [0.15, 0.2) is 9.84 Å². The molecule has 2 N–H and O–H groups in total. The Kier molecular flexibility index (Phi) is 3.27. The first kappa shape index (κ1) is 12.9. The van der Waals surface area contributed by atoms with Gasteiger partial charge in [0.2, 0.25) is 0 Å². The van der Waals surface area contributed by atoms with Crippen LogP contribution in [0.15, 0.2) is 24.3 Å². The van der Waals surface area contributed by atoms with Gasteiger partial charge in [-0.05, 0) is 30.9 Å². The highest BCUT2D eigenvalue weighted by molar-refractivity contribution is 7.91. The summed E-state index contributed by atoms with van der Waals surface area (Å²) in [5, 5.41) is 0. The van der Waals surface area contributed by atoms with Gasteiger partial charge in [0.05, 0.1) is 17.5 Å². The molecule has 2 aliphatic heterocycles. The summed E-state index contributed by atoms with van der Waals surface area (Å²) in [5.41, 5.74) is 8.57. The van der Waals surface area contributed by atoms with Crippen molar-refractivity contribution < 1.29 is 8.42 Å². The van der Waals surface area contributed by atoms with E-state index in [9.17, 15) is 8.42 Å². The van der Waals surface area contributed by atoms with Crippen molar-refractivity contribution >= 4 is 15.5 Å². The first-order valence-electron chi connectivity index (χ1n) is 6.87. The van der Waals surface area contributed by atoms with E-state index in [1.54, 1.807) is 0 Å². The van der Waals surface area contributed by atoms with E-state index >= 15 is 0 Å². The number of rotatable bonds is 1. The van der Waals surface area contributed by atoms with Gasteiger partial charge in [0.25, 0.3) is 0 Å². The third-order valence-corrected chi connectivity index (χ3v) is 5.90. The van der Waals surface area contributed by atoms with Crippen LogP contribution in [0.3, 0.4) is 0 Å². The van der Waals surface area contributed by atoms with Gasteiger partial charge in [-0.3, -0.25) is 0 Å². The van der Waals surface area contributed by atoms with E-state index in [1.165, 1.54) is 11.3 Å². The molecule has 1 fully saturated rings. The fraction of sp³-hybridized carbons (Fsp3) is 0.571. The zero-order valence-corrected chi connectivity index (χ0v) is 11.8. The zero-order valence-electron chi connectivity index (χ0n) is 11.0. The van der Waals surface area contributed by atoms with Crippen LogP contribution in [-0.2, 0) is 16.3 Å². The van der Waals surface area contributed by atoms with Crippen molar-refractivity contribution in [3.05, 3.63) is 29.8 Å². The minimum absolute atomic E-state index is 0.0655. The highest BCUT2D eigenvalue weighted by atomic mass is 32.2. The van der Waals surface area contributed by atoms with Gasteiger partial charge in [-0.1, -0.05) is 18.2 Å². The number of nitrogens with two attached hydrogens (primary N) is 1. The maximum absolute atomic E-state index is 11.8. The van der Waals surface area contributed by atoms with Crippen molar-refractivity contribution in [1.82, 2.24) is 0 Å². The number of hydrogen-bond acceptors (Lipinski definition) is 4. The number of fused-ring (bicyclic) bond motifs is 1. The van der Waals surface area contributed by atoms with Crippen molar-refractivity contribution in [1.29, 1.82) is 0 Å². The largest absolute Gasteiger partial charge is 0.366 e. The van der Waals surface area contributed by atoms with Crippen LogP contribution < -0.4 is 10.6 Å². The molecule has 4 nitrogen and oxygen atoms in total. The van der Waals surface area contributed by atoms with Crippen molar-refractivity contribution in [2.45, 2.75) is 31.3 Å². The summed E-state index contributed by atoms with van der Waals surface area (Å²) in [6.45, 7) is 0.908. The van der Waals surface area contributed by atoms with Crippen LogP contribution in [0.2, 0.25) is 0 Å². The third kappa shape index (κ3) is 2.49. The molecule has 1 aromatic rings. The molecule has 2 aliphatic rings. The molecule has 5 heteroatoms. The minimum Gasteiger partial charge on any atom is -0.366 e. The van der Waals surface area contributed by atoms with Crippen LogP contribution in [0.5, 0.6) is 0 Å². The summed E-state index contributed by atoms with van der Waals surface area (Å²) in [6.07, 6.45) is 3.32. The Labute approximate surface area is 114 Å². The summed E-state index contributed by atoms with van der Waals surface area (Å²) in [7, 11) is -2.98. The first-order chi connectivity index (χ1) is 9.07. The monoisotopic (exact) mass is 280 g/mol. The van der Waals surface area contributed by atoms with Gasteiger partial charge < -0.3 is 10.6 Å². The molecule has 2 heterocycles. The quantitative estimate of drug-likeness (QED) is 0.832. The van der Waals surface area contributed by atoms with E-state index in [0.29, 0.717) is 0 Å². The Bertz CT molecular complexity index is 571. The van der Waals surface area contributed by atoms with Crippen LogP contribution in [0.1, 0.15) is 18.4 Å². The molecule has 0 saturated carbocycles. The van der Waals surface area contributed by atoms with Gasteiger partial charge in [-0.15, -0.1) is 0 Å². The Morgan fingerprint density at radius 2 is 1.95 bits per heavy atom. The van der Waals surface area contributed by atoms with E-state index in [1.807, 2.05) is 12.1 Å². The highest BCUT2D eigenvalue weighted by Gasteiger charge is 2.39. The Balaban J connectivity index is 1.97. The number of anilines is 1. The molecule has 0 radical (unpaired) electrons. The molecule has 1 saturated heterocycles. The van der Waals surface area contributed by atoms with E-state index in [2.05, 4.69) is 17.0 Å². The van der Waals surface area contributed by atoms with Gasteiger partial charge in [0, 0.05) is 18.3 Å². The molecule has 2 atom stereocenters. The third-order valence-electron chi connectivity index (χ3n) is 4.16. The van der Waals surface area contributed by atoms with Crippen LogP contribution in [0, 0.1) is 0 Å². The lowest BCUT2D eigenvalue weighted by molar-refractivity contribution is 0.564. The number of para-hydroxylation sites is 1. The number of aryl methyl sites for hydroxylation is 1. The molecule has 0 amide bonds. The summed E-state index contributed by atoms with van der Waals surface area (Å²) in [4.78, 5) is 2.23. The zero-order chi connectivity index (χ0) is 13.5. The van der Waals surface area contributed by atoms with Crippen LogP contribution >= 0.6 is 0 Å². The lowest BCUT2D eigenvalue weighted by Crippen LogP contribution is -2.47. The number of sulfone groups is 1. The summed E-state index contributed by atoms with van der Waals surface area (Å²) in [5.74, 6) is 0.318. The molecule has 0 aromatic heterocycles. The molecule has 0 aliphatic carbocycles. The minimum atomic E-state index is -2.98. The van der Waals surface area contributed by atoms with Gasteiger partial charge in [0.1, 0.15) is 0 Å². The smallest absolute Gasteiger partial charge is 0.153 e. The van der Waals surface area contributed by atoms with Gasteiger partial charge in [-0.25, -0.2) is 8.42 Å².